The Balaban J connectivity index is 1.71. The van der Waals surface area contributed by atoms with Crippen LogP contribution in [0.15, 0.2) is 48.5 Å². The van der Waals surface area contributed by atoms with Gasteiger partial charge >= 0.3 is 5.97 Å². The minimum absolute atomic E-state index is 0.168. The number of carbonyl (C=O) groups is 2. The molecule has 6 nitrogen and oxygen atoms in total. The van der Waals surface area contributed by atoms with Crippen LogP contribution in [0.25, 0.3) is 22.5 Å². The first-order valence-corrected chi connectivity index (χ1v) is 9.28. The molecule has 0 spiro atoms. The molecule has 1 heterocycles. The second kappa shape index (κ2) is 8.91. The van der Waals surface area contributed by atoms with Gasteiger partial charge in [-0.2, -0.15) is 5.10 Å². The van der Waals surface area contributed by atoms with Crippen molar-refractivity contribution in [3.63, 3.8) is 0 Å². The average molecular weight is 418 g/mol. The van der Waals surface area contributed by atoms with Crippen LogP contribution in [0, 0.1) is 0 Å². The van der Waals surface area contributed by atoms with Crippen molar-refractivity contribution >= 4 is 35.1 Å². The number of nitrogens with zero attached hydrogens (tertiary/aromatic N) is 1. The normalized spacial score (nSPS) is 10.5. The quantitative estimate of drug-likeness (QED) is 0.584. The van der Waals surface area contributed by atoms with Crippen molar-refractivity contribution in [2.75, 3.05) is 13.2 Å². The number of aromatic nitrogens is 2. The van der Waals surface area contributed by atoms with E-state index < -0.39 is 5.97 Å². The van der Waals surface area contributed by atoms with E-state index in [2.05, 4.69) is 15.5 Å². The van der Waals surface area contributed by atoms with Gasteiger partial charge in [-0.3, -0.25) is 14.7 Å². The molecule has 3 aromatic rings. The molecule has 0 atom stereocenters. The number of benzene rings is 2. The molecule has 2 aromatic carbocycles. The molecule has 0 aliphatic heterocycles. The number of aromatic amines is 1. The molecule has 8 heteroatoms. The summed E-state index contributed by atoms with van der Waals surface area (Å²) in [5.41, 5.74) is 3.52. The van der Waals surface area contributed by atoms with E-state index in [0.717, 1.165) is 16.8 Å². The molecule has 0 aliphatic carbocycles. The molecular formula is C20H17Cl2N3O3. The number of hydrogen-bond acceptors (Lipinski definition) is 4. The number of hydrogen-bond donors (Lipinski definition) is 2. The molecule has 144 valence electrons. The van der Waals surface area contributed by atoms with E-state index in [1.165, 1.54) is 0 Å². The summed E-state index contributed by atoms with van der Waals surface area (Å²) in [4.78, 5) is 23.4. The van der Waals surface area contributed by atoms with E-state index in [0.29, 0.717) is 21.3 Å². The van der Waals surface area contributed by atoms with Gasteiger partial charge in [-0.1, -0.05) is 35.3 Å². The number of H-pyrrole nitrogens is 1. The van der Waals surface area contributed by atoms with Crippen molar-refractivity contribution in [3.05, 3.63) is 64.1 Å². The molecule has 1 amide bonds. The van der Waals surface area contributed by atoms with Crippen LogP contribution in [0.3, 0.4) is 0 Å². The van der Waals surface area contributed by atoms with Gasteiger partial charge in [0.25, 0.3) is 5.91 Å². The number of ether oxygens (including phenoxy) is 1. The molecule has 0 saturated heterocycles. The third kappa shape index (κ3) is 4.71. The molecule has 3 rings (SSSR count). The molecular weight excluding hydrogens is 401 g/mol. The van der Waals surface area contributed by atoms with Gasteiger partial charge in [-0.05, 0) is 43.3 Å². The van der Waals surface area contributed by atoms with E-state index in [1.54, 1.807) is 43.3 Å². The third-order valence-corrected chi connectivity index (χ3v) is 4.49. The zero-order valence-electron chi connectivity index (χ0n) is 15.0. The highest BCUT2D eigenvalue weighted by atomic mass is 35.5. The van der Waals surface area contributed by atoms with E-state index in [1.807, 2.05) is 12.1 Å². The Bertz CT molecular complexity index is 1000. The van der Waals surface area contributed by atoms with E-state index in [9.17, 15) is 9.59 Å². The number of nitrogens with one attached hydrogen (secondary N) is 2. The fraction of sp³-hybridized carbons (Fsp3) is 0.150. The van der Waals surface area contributed by atoms with Gasteiger partial charge in [0.05, 0.1) is 23.0 Å². The van der Waals surface area contributed by atoms with Gasteiger partial charge in [0, 0.05) is 21.7 Å². The highest BCUT2D eigenvalue weighted by Gasteiger charge is 2.12. The number of rotatable bonds is 6. The van der Waals surface area contributed by atoms with Gasteiger partial charge in [0.15, 0.2) is 0 Å². The average Bonchev–Trinajstić information content (AvgIpc) is 3.16. The largest absolute Gasteiger partial charge is 0.465 e. The minimum Gasteiger partial charge on any atom is -0.465 e. The van der Waals surface area contributed by atoms with Crippen molar-refractivity contribution < 1.29 is 14.3 Å². The second-order valence-electron chi connectivity index (χ2n) is 5.86. The van der Waals surface area contributed by atoms with Crippen LogP contribution in [-0.4, -0.2) is 35.2 Å². The highest BCUT2D eigenvalue weighted by molar-refractivity contribution is 6.36. The molecule has 0 aliphatic rings. The summed E-state index contributed by atoms with van der Waals surface area (Å²) in [6.07, 6.45) is 0. The number of carbonyl (C=O) groups excluding carboxylic acids is 2. The standard InChI is InChI=1S/C20H17Cl2N3O3/c1-2-28-19(26)11-23-20(27)13-5-3-12(4-6-13)17-10-18(25-24-17)15-8-7-14(21)9-16(15)22/h3-10H,2,11H2,1H3,(H,23,27)(H,24,25). The summed E-state index contributed by atoms with van der Waals surface area (Å²) < 4.78 is 4.78. The fourth-order valence-electron chi connectivity index (χ4n) is 2.57. The number of esters is 1. The Morgan fingerprint density at radius 3 is 2.54 bits per heavy atom. The van der Waals surface area contributed by atoms with Crippen LogP contribution in [0.5, 0.6) is 0 Å². The predicted octanol–water partition coefficient (Wildman–Crippen LogP) is 4.34. The van der Waals surface area contributed by atoms with Gasteiger partial charge in [-0.15, -0.1) is 0 Å². The Morgan fingerprint density at radius 2 is 1.86 bits per heavy atom. The highest BCUT2D eigenvalue weighted by Crippen LogP contribution is 2.31. The Labute approximate surface area is 171 Å². The van der Waals surface area contributed by atoms with Crippen molar-refractivity contribution in [2.24, 2.45) is 0 Å². The summed E-state index contributed by atoms with van der Waals surface area (Å²) in [5.74, 6) is -0.826. The second-order valence-corrected chi connectivity index (χ2v) is 6.70. The van der Waals surface area contributed by atoms with Crippen molar-refractivity contribution in [1.29, 1.82) is 0 Å². The maximum absolute atomic E-state index is 12.1. The summed E-state index contributed by atoms with van der Waals surface area (Å²) >= 11 is 12.2. The molecule has 0 bridgehead atoms. The molecule has 2 N–H and O–H groups in total. The summed E-state index contributed by atoms with van der Waals surface area (Å²) in [6, 6.07) is 14.0. The summed E-state index contributed by atoms with van der Waals surface area (Å²) in [5, 5.41) is 10.9. The first kappa shape index (κ1) is 19.9. The molecule has 28 heavy (non-hydrogen) atoms. The Morgan fingerprint density at radius 1 is 1.11 bits per heavy atom. The summed E-state index contributed by atoms with van der Waals surface area (Å²) in [6.45, 7) is 1.81. The molecule has 0 radical (unpaired) electrons. The lowest BCUT2D eigenvalue weighted by molar-refractivity contribution is -0.141. The molecule has 0 unspecified atom stereocenters. The third-order valence-electron chi connectivity index (χ3n) is 3.94. The van der Waals surface area contributed by atoms with Gasteiger partial charge < -0.3 is 10.1 Å². The maximum atomic E-state index is 12.1. The zero-order valence-corrected chi connectivity index (χ0v) is 16.5. The van der Waals surface area contributed by atoms with Crippen LogP contribution in [0.4, 0.5) is 0 Å². The van der Waals surface area contributed by atoms with Crippen LogP contribution in [0.1, 0.15) is 17.3 Å². The first-order chi connectivity index (χ1) is 13.5. The first-order valence-electron chi connectivity index (χ1n) is 8.53. The summed E-state index contributed by atoms with van der Waals surface area (Å²) in [7, 11) is 0. The van der Waals surface area contributed by atoms with Crippen molar-refractivity contribution in [1.82, 2.24) is 15.5 Å². The molecule has 0 saturated carbocycles. The van der Waals surface area contributed by atoms with E-state index in [4.69, 9.17) is 27.9 Å². The molecule has 1 aromatic heterocycles. The number of amides is 1. The SMILES string of the molecule is CCOC(=O)CNC(=O)c1ccc(-c2cc(-c3ccc(Cl)cc3Cl)[nH]n2)cc1. The van der Waals surface area contributed by atoms with Gasteiger partial charge in [0.1, 0.15) is 6.54 Å². The smallest absolute Gasteiger partial charge is 0.325 e. The van der Waals surface area contributed by atoms with Gasteiger partial charge in [-0.25, -0.2) is 0 Å². The number of halogens is 2. The Kier molecular flexibility index (Phi) is 6.34. The van der Waals surface area contributed by atoms with E-state index >= 15 is 0 Å². The zero-order chi connectivity index (χ0) is 20.1. The predicted molar refractivity (Wildman–Crippen MR) is 108 cm³/mol. The van der Waals surface area contributed by atoms with Crippen LogP contribution in [0.2, 0.25) is 10.0 Å². The topological polar surface area (TPSA) is 84.1 Å². The monoisotopic (exact) mass is 417 g/mol. The minimum atomic E-state index is -0.475. The lowest BCUT2D eigenvalue weighted by Crippen LogP contribution is -2.30. The van der Waals surface area contributed by atoms with Crippen LogP contribution >= 0.6 is 23.2 Å². The Hall–Kier alpha value is -2.83. The van der Waals surface area contributed by atoms with E-state index in [-0.39, 0.29) is 19.1 Å². The van der Waals surface area contributed by atoms with Crippen molar-refractivity contribution in [3.8, 4) is 22.5 Å². The fourth-order valence-corrected chi connectivity index (χ4v) is 3.08. The lowest BCUT2D eigenvalue weighted by Gasteiger charge is -2.05. The van der Waals surface area contributed by atoms with Gasteiger partial charge in [0.2, 0.25) is 0 Å². The van der Waals surface area contributed by atoms with Crippen LogP contribution < -0.4 is 5.32 Å². The van der Waals surface area contributed by atoms with Crippen molar-refractivity contribution in [2.45, 2.75) is 6.92 Å². The molecule has 0 fully saturated rings. The van der Waals surface area contributed by atoms with Crippen LogP contribution in [-0.2, 0) is 9.53 Å². The maximum Gasteiger partial charge on any atom is 0.325 e. The lowest BCUT2D eigenvalue weighted by atomic mass is 10.1.